The van der Waals surface area contributed by atoms with E-state index in [4.69, 9.17) is 4.74 Å². The lowest BCUT2D eigenvalue weighted by Crippen LogP contribution is -2.49. The van der Waals surface area contributed by atoms with E-state index in [-0.39, 0.29) is 6.09 Å². The molecule has 1 aromatic carbocycles. The Kier molecular flexibility index (Phi) is 4.49. The van der Waals surface area contributed by atoms with Crippen LogP contribution in [0.5, 0.6) is 0 Å². The van der Waals surface area contributed by atoms with Crippen molar-refractivity contribution >= 4 is 6.09 Å². The largest absolute Gasteiger partial charge is 0.450 e. The van der Waals surface area contributed by atoms with E-state index >= 15 is 0 Å². The fourth-order valence-electron chi connectivity index (χ4n) is 5.01. The fraction of sp³-hybridized carbons (Fsp3) is 0.650. The van der Waals surface area contributed by atoms with Crippen LogP contribution in [0.25, 0.3) is 0 Å². The van der Waals surface area contributed by atoms with Crippen LogP contribution in [-0.4, -0.2) is 47.7 Å². The lowest BCUT2D eigenvalue weighted by atomic mass is 9.89. The molecule has 3 aliphatic rings. The first-order valence-electron chi connectivity index (χ1n) is 9.48. The lowest BCUT2D eigenvalue weighted by molar-refractivity contribution is 0.0520. The Morgan fingerprint density at radius 3 is 2.58 bits per heavy atom. The van der Waals surface area contributed by atoms with Crippen molar-refractivity contribution in [2.45, 2.75) is 57.7 Å². The molecule has 0 spiro atoms. The summed E-state index contributed by atoms with van der Waals surface area (Å²) in [6.07, 6.45) is 5.69. The van der Waals surface area contributed by atoms with Gasteiger partial charge in [-0.2, -0.15) is 0 Å². The number of fused-ring (bicyclic) bond motifs is 3. The monoisotopic (exact) mass is 328 g/mol. The first-order valence-corrected chi connectivity index (χ1v) is 9.48. The van der Waals surface area contributed by atoms with Gasteiger partial charge in [-0.05, 0) is 56.1 Å². The number of benzene rings is 1. The number of amides is 1. The van der Waals surface area contributed by atoms with Gasteiger partial charge in [0.25, 0.3) is 0 Å². The number of nitrogens with zero attached hydrogens (tertiary/aromatic N) is 2. The molecule has 0 aromatic heterocycles. The summed E-state index contributed by atoms with van der Waals surface area (Å²) in [5, 5.41) is 0. The van der Waals surface area contributed by atoms with E-state index in [0.717, 1.165) is 38.1 Å². The van der Waals surface area contributed by atoms with Crippen molar-refractivity contribution in [3.8, 4) is 0 Å². The molecule has 0 aliphatic carbocycles. The number of piperidine rings is 1. The summed E-state index contributed by atoms with van der Waals surface area (Å²) in [5.74, 6) is 0.721. The number of carbonyl (C=O) groups excluding carboxylic acids is 1. The van der Waals surface area contributed by atoms with Gasteiger partial charge in [-0.3, -0.25) is 4.90 Å². The molecule has 3 atom stereocenters. The highest BCUT2D eigenvalue weighted by atomic mass is 16.6. The Labute approximate surface area is 144 Å². The molecule has 3 aliphatic heterocycles. The van der Waals surface area contributed by atoms with Gasteiger partial charge in [0, 0.05) is 31.7 Å². The first-order chi connectivity index (χ1) is 11.7. The van der Waals surface area contributed by atoms with Crippen LogP contribution in [0.2, 0.25) is 0 Å². The van der Waals surface area contributed by atoms with E-state index in [0.29, 0.717) is 18.7 Å². The molecule has 1 amide bonds. The summed E-state index contributed by atoms with van der Waals surface area (Å²) in [6, 6.07) is 9.66. The molecular weight excluding hydrogens is 300 g/mol. The van der Waals surface area contributed by atoms with Gasteiger partial charge >= 0.3 is 6.09 Å². The van der Waals surface area contributed by atoms with Crippen LogP contribution in [-0.2, 0) is 17.7 Å². The number of rotatable bonds is 3. The van der Waals surface area contributed by atoms with Crippen LogP contribution in [0, 0.1) is 5.92 Å². The highest BCUT2D eigenvalue weighted by Crippen LogP contribution is 2.39. The Hall–Kier alpha value is -1.55. The third kappa shape index (κ3) is 3.04. The van der Waals surface area contributed by atoms with Gasteiger partial charge in [0.05, 0.1) is 6.61 Å². The van der Waals surface area contributed by atoms with Crippen LogP contribution < -0.4 is 0 Å². The van der Waals surface area contributed by atoms with Gasteiger partial charge in [-0.1, -0.05) is 24.3 Å². The van der Waals surface area contributed by atoms with Crippen LogP contribution in [0.3, 0.4) is 0 Å². The van der Waals surface area contributed by atoms with Gasteiger partial charge < -0.3 is 9.64 Å². The number of hydrogen-bond acceptors (Lipinski definition) is 3. The highest BCUT2D eigenvalue weighted by Gasteiger charge is 2.44. The van der Waals surface area contributed by atoms with Gasteiger partial charge in [0.1, 0.15) is 0 Å². The fourth-order valence-corrected chi connectivity index (χ4v) is 5.01. The normalized spacial score (nSPS) is 29.4. The second kappa shape index (κ2) is 6.75. The summed E-state index contributed by atoms with van der Waals surface area (Å²) in [4.78, 5) is 16.9. The Morgan fingerprint density at radius 1 is 1.17 bits per heavy atom. The minimum atomic E-state index is -0.0876. The standard InChI is InChI=1S/C20H28N2O2/c1-2-24-20(23)22-18-7-8-19(22)12-15(11-18)13-21-10-9-16-5-3-4-6-17(16)14-21/h3-6,15,18-19H,2,7-14H2,1H3/t15?,18-,19+. The third-order valence-electron chi connectivity index (χ3n) is 6.04. The second-order valence-corrected chi connectivity index (χ2v) is 7.58. The van der Waals surface area contributed by atoms with Gasteiger partial charge in [0.2, 0.25) is 0 Å². The van der Waals surface area contributed by atoms with Crippen molar-refractivity contribution in [1.29, 1.82) is 0 Å². The predicted octanol–water partition coefficient (Wildman–Crippen LogP) is 3.44. The molecule has 2 saturated heterocycles. The van der Waals surface area contributed by atoms with Gasteiger partial charge in [-0.25, -0.2) is 4.79 Å². The molecular formula is C20H28N2O2. The molecule has 3 heterocycles. The maximum Gasteiger partial charge on any atom is 0.410 e. The molecule has 2 bridgehead atoms. The molecule has 0 N–H and O–H groups in total. The van der Waals surface area contributed by atoms with Crippen molar-refractivity contribution < 1.29 is 9.53 Å². The highest BCUT2D eigenvalue weighted by molar-refractivity contribution is 5.69. The molecule has 4 heteroatoms. The third-order valence-corrected chi connectivity index (χ3v) is 6.04. The quantitative estimate of drug-likeness (QED) is 0.852. The average molecular weight is 328 g/mol. The summed E-state index contributed by atoms with van der Waals surface area (Å²) in [6.45, 7) is 5.80. The SMILES string of the molecule is CCOC(=O)N1[C@@H]2CC[C@H]1CC(CN1CCc3ccccc3C1)C2. The molecule has 4 nitrogen and oxygen atoms in total. The number of ether oxygens (including phenoxy) is 1. The van der Waals surface area contributed by atoms with Crippen molar-refractivity contribution in [1.82, 2.24) is 9.80 Å². The molecule has 0 saturated carbocycles. The molecule has 1 unspecified atom stereocenters. The minimum Gasteiger partial charge on any atom is -0.450 e. The van der Waals surface area contributed by atoms with Gasteiger partial charge in [0.15, 0.2) is 0 Å². The van der Waals surface area contributed by atoms with E-state index in [1.54, 1.807) is 0 Å². The molecule has 1 aromatic rings. The van der Waals surface area contributed by atoms with Crippen molar-refractivity contribution in [2.75, 3.05) is 19.7 Å². The van der Waals surface area contributed by atoms with Crippen molar-refractivity contribution in [3.63, 3.8) is 0 Å². The molecule has 130 valence electrons. The van der Waals surface area contributed by atoms with E-state index in [9.17, 15) is 4.79 Å². The second-order valence-electron chi connectivity index (χ2n) is 7.58. The van der Waals surface area contributed by atoms with E-state index in [1.165, 1.54) is 30.6 Å². The van der Waals surface area contributed by atoms with Crippen LogP contribution in [0.4, 0.5) is 4.79 Å². The topological polar surface area (TPSA) is 32.8 Å². The molecule has 4 rings (SSSR count). The van der Waals surface area contributed by atoms with Crippen LogP contribution >= 0.6 is 0 Å². The van der Waals surface area contributed by atoms with Crippen LogP contribution in [0.1, 0.15) is 43.7 Å². The first kappa shape index (κ1) is 15.9. The lowest BCUT2D eigenvalue weighted by Gasteiger charge is -2.40. The zero-order valence-corrected chi connectivity index (χ0v) is 14.6. The summed E-state index contributed by atoms with van der Waals surface area (Å²) < 4.78 is 5.26. The Balaban J connectivity index is 1.36. The predicted molar refractivity (Wildman–Crippen MR) is 93.8 cm³/mol. The summed E-state index contributed by atoms with van der Waals surface area (Å²) >= 11 is 0. The zero-order valence-electron chi connectivity index (χ0n) is 14.6. The van der Waals surface area contributed by atoms with Gasteiger partial charge in [-0.15, -0.1) is 0 Å². The van der Waals surface area contributed by atoms with E-state index < -0.39 is 0 Å². The van der Waals surface area contributed by atoms with Crippen molar-refractivity contribution in [3.05, 3.63) is 35.4 Å². The summed E-state index contributed by atoms with van der Waals surface area (Å²) in [7, 11) is 0. The number of carbonyl (C=O) groups is 1. The minimum absolute atomic E-state index is 0.0876. The maximum absolute atomic E-state index is 12.2. The Bertz CT molecular complexity index is 589. The number of hydrogen-bond donors (Lipinski definition) is 0. The maximum atomic E-state index is 12.2. The van der Waals surface area contributed by atoms with E-state index in [2.05, 4.69) is 29.2 Å². The zero-order chi connectivity index (χ0) is 16.5. The van der Waals surface area contributed by atoms with Crippen LogP contribution in [0.15, 0.2) is 24.3 Å². The average Bonchev–Trinajstić information content (AvgIpc) is 2.86. The smallest absolute Gasteiger partial charge is 0.410 e. The van der Waals surface area contributed by atoms with Crippen molar-refractivity contribution in [2.24, 2.45) is 5.92 Å². The Morgan fingerprint density at radius 2 is 1.88 bits per heavy atom. The molecule has 2 fully saturated rings. The molecule has 0 radical (unpaired) electrons. The summed E-state index contributed by atoms with van der Waals surface area (Å²) in [5.41, 5.74) is 3.02. The van der Waals surface area contributed by atoms with E-state index in [1.807, 2.05) is 11.8 Å². The molecule has 24 heavy (non-hydrogen) atoms.